The Morgan fingerprint density at radius 1 is 0.800 bits per heavy atom. The summed E-state index contributed by atoms with van der Waals surface area (Å²) in [5, 5.41) is -10.9. The number of hydrogen-bond acceptors (Lipinski definition) is 10. The Bertz CT molecular complexity index is 1110. The largest absolute Gasteiger partial charge is 0.496 e. The molecule has 0 amide bonds. The molecule has 0 aromatic heterocycles. The van der Waals surface area contributed by atoms with Gasteiger partial charge >= 0.3 is 36.7 Å². The van der Waals surface area contributed by atoms with E-state index in [0.29, 0.717) is 0 Å². The normalized spacial score (nSPS) is 13.7. The van der Waals surface area contributed by atoms with Crippen LogP contribution in [0.5, 0.6) is 11.5 Å². The lowest BCUT2D eigenvalue weighted by atomic mass is 10.0. The summed E-state index contributed by atoms with van der Waals surface area (Å²) in [6.45, 7) is -1.00. The number of rotatable bonds is 14. The molecule has 18 heteroatoms. The second-order valence-electron chi connectivity index (χ2n) is 6.70. The molecule has 0 saturated heterocycles. The number of ether oxygens (including phenoxy) is 3. The van der Waals surface area contributed by atoms with Crippen molar-refractivity contribution in [2.24, 2.45) is 0 Å². The first-order chi connectivity index (χ1) is 15.9. The third kappa shape index (κ3) is 5.46. The first-order valence-electron chi connectivity index (χ1n) is 9.15. The lowest BCUT2D eigenvalue weighted by Gasteiger charge is -2.31. The third-order valence-corrected chi connectivity index (χ3v) is 7.00. The van der Waals surface area contributed by atoms with Gasteiger partial charge in [0.15, 0.2) is 5.75 Å². The van der Waals surface area contributed by atoms with E-state index < -0.39 is 49.0 Å². The fraction of sp³-hybridized carbons (Fsp3) is 0.647. The van der Waals surface area contributed by atoms with Crippen LogP contribution in [0.4, 0.5) is 26.3 Å². The maximum absolute atomic E-state index is 14.5. The molecule has 0 fully saturated rings. The molecule has 0 bridgehead atoms. The van der Waals surface area contributed by atoms with Crippen molar-refractivity contribution in [1.29, 1.82) is 0 Å². The van der Waals surface area contributed by atoms with Crippen LogP contribution in [-0.4, -0.2) is 68.8 Å². The van der Waals surface area contributed by atoms with Crippen molar-refractivity contribution in [2.45, 2.75) is 36.2 Å². The van der Waals surface area contributed by atoms with E-state index in [1.807, 2.05) is 0 Å². The summed E-state index contributed by atoms with van der Waals surface area (Å²) in [5.74, 6) is -8.22. The van der Waals surface area contributed by atoms with Gasteiger partial charge in [0.05, 0.1) is 33.0 Å². The van der Waals surface area contributed by atoms with Crippen molar-refractivity contribution >= 4 is 20.2 Å². The molecule has 0 spiro atoms. The van der Waals surface area contributed by atoms with Gasteiger partial charge in [-0.1, -0.05) is 0 Å². The van der Waals surface area contributed by atoms with Crippen molar-refractivity contribution in [3.8, 4) is 11.5 Å². The van der Waals surface area contributed by atoms with E-state index >= 15 is 0 Å². The molecule has 0 aliphatic heterocycles. The molecular weight excluding hydrogens is 540 g/mol. The van der Waals surface area contributed by atoms with Gasteiger partial charge in [0, 0.05) is 31.9 Å². The summed E-state index contributed by atoms with van der Waals surface area (Å²) in [6, 6.07) is 1.17. The van der Waals surface area contributed by atoms with Crippen molar-refractivity contribution in [3.05, 3.63) is 22.8 Å². The van der Waals surface area contributed by atoms with Crippen LogP contribution in [0, 0.1) is 0 Å². The van der Waals surface area contributed by atoms with Crippen LogP contribution in [0.2, 0.25) is 0 Å². The fourth-order valence-corrected chi connectivity index (χ4v) is 4.49. The second-order valence-corrected chi connectivity index (χ2v) is 10.0. The van der Waals surface area contributed by atoms with E-state index in [-0.39, 0.29) is 42.7 Å². The molecule has 0 saturated carbocycles. The summed E-state index contributed by atoms with van der Waals surface area (Å²) in [7, 11) is -8.83. The monoisotopic (exact) mass is 563 g/mol. The standard InChI is InChI=1S/C17H23F6NO9S2/c1-24-7-10-6-11(8-29-2)13(31-4)12(9-30-3)14(10)33-35(27,28)17(22,23)15(18,19)16(20,21)34(25,26)32-5/h6,24H,7-9H2,1-5H3. The van der Waals surface area contributed by atoms with Gasteiger partial charge in [-0.15, -0.1) is 0 Å². The van der Waals surface area contributed by atoms with E-state index in [4.69, 9.17) is 14.2 Å². The first-order valence-corrected chi connectivity index (χ1v) is 12.0. The minimum atomic E-state index is -7.03. The minimum Gasteiger partial charge on any atom is -0.496 e. The van der Waals surface area contributed by atoms with Gasteiger partial charge in [0.1, 0.15) is 5.75 Å². The molecule has 0 unspecified atom stereocenters. The number of nitrogens with one attached hydrogen (secondary N) is 1. The highest BCUT2D eigenvalue weighted by Crippen LogP contribution is 2.52. The Hall–Kier alpha value is -1.86. The molecule has 35 heavy (non-hydrogen) atoms. The van der Waals surface area contributed by atoms with Crippen molar-refractivity contribution < 1.29 is 65.8 Å². The zero-order valence-corrected chi connectivity index (χ0v) is 20.6. The summed E-state index contributed by atoms with van der Waals surface area (Å²) < 4.78 is 155. The zero-order chi connectivity index (χ0) is 27.5. The summed E-state index contributed by atoms with van der Waals surface area (Å²) >= 11 is 0. The Kier molecular flexibility index (Phi) is 9.83. The predicted molar refractivity (Wildman–Crippen MR) is 108 cm³/mol. The topological polar surface area (TPSA) is 126 Å². The summed E-state index contributed by atoms with van der Waals surface area (Å²) in [5.41, 5.74) is -0.341. The van der Waals surface area contributed by atoms with Crippen molar-refractivity contribution in [1.82, 2.24) is 5.32 Å². The Balaban J connectivity index is 3.85. The maximum atomic E-state index is 14.5. The van der Waals surface area contributed by atoms with Crippen LogP contribution in [0.15, 0.2) is 6.07 Å². The van der Waals surface area contributed by atoms with E-state index in [0.717, 1.165) is 14.2 Å². The average molecular weight is 563 g/mol. The number of hydrogen-bond donors (Lipinski definition) is 1. The lowest BCUT2D eigenvalue weighted by Crippen LogP contribution is -2.61. The number of methoxy groups -OCH3 is 3. The van der Waals surface area contributed by atoms with Crippen LogP contribution in [0.25, 0.3) is 0 Å². The molecule has 1 aromatic carbocycles. The Labute approximate surface area is 197 Å². The number of halogens is 6. The lowest BCUT2D eigenvalue weighted by molar-refractivity contribution is -0.247. The summed E-state index contributed by atoms with van der Waals surface area (Å²) in [4.78, 5) is 0. The predicted octanol–water partition coefficient (Wildman–Crippen LogP) is 2.21. The van der Waals surface area contributed by atoms with Gasteiger partial charge in [-0.25, -0.2) is 0 Å². The van der Waals surface area contributed by atoms with E-state index in [1.54, 1.807) is 0 Å². The third-order valence-electron chi connectivity index (χ3n) is 4.41. The molecule has 204 valence electrons. The SMILES string of the molecule is CNCc1cc(COC)c(OC)c(COC)c1OS(=O)(=O)C(F)(F)C(F)(F)C(F)(F)S(=O)(=O)OC. The molecule has 10 nitrogen and oxygen atoms in total. The highest BCUT2D eigenvalue weighted by atomic mass is 32.2. The van der Waals surface area contributed by atoms with E-state index in [9.17, 15) is 43.2 Å². The molecule has 0 atom stereocenters. The van der Waals surface area contributed by atoms with Crippen LogP contribution < -0.4 is 14.2 Å². The minimum absolute atomic E-state index is 0.00262. The van der Waals surface area contributed by atoms with Gasteiger partial charge in [-0.3, -0.25) is 4.18 Å². The van der Waals surface area contributed by atoms with Gasteiger partial charge in [-0.2, -0.15) is 43.2 Å². The van der Waals surface area contributed by atoms with Crippen LogP contribution >= 0.6 is 0 Å². The molecule has 0 radical (unpaired) electrons. The van der Waals surface area contributed by atoms with E-state index in [1.165, 1.54) is 20.2 Å². The van der Waals surface area contributed by atoms with Crippen LogP contribution in [0.3, 0.4) is 0 Å². The fourth-order valence-electron chi connectivity index (χ4n) is 2.80. The van der Waals surface area contributed by atoms with Crippen LogP contribution in [-0.2, 0) is 53.7 Å². The summed E-state index contributed by atoms with van der Waals surface area (Å²) in [6.07, 6.45) is 0. The quantitative estimate of drug-likeness (QED) is 0.266. The second kappa shape index (κ2) is 11.0. The van der Waals surface area contributed by atoms with Gasteiger partial charge in [0.2, 0.25) is 0 Å². The van der Waals surface area contributed by atoms with Gasteiger partial charge in [0.25, 0.3) is 0 Å². The number of alkyl halides is 6. The smallest absolute Gasteiger partial charge is 0.450 e. The zero-order valence-electron chi connectivity index (χ0n) is 19.0. The highest BCUT2D eigenvalue weighted by Gasteiger charge is 2.83. The molecule has 0 heterocycles. The molecular formula is C17H23F6NO9S2. The van der Waals surface area contributed by atoms with E-state index in [2.05, 4.69) is 13.7 Å². The van der Waals surface area contributed by atoms with Crippen molar-refractivity contribution in [3.63, 3.8) is 0 Å². The molecule has 0 aliphatic rings. The molecule has 1 rings (SSSR count). The van der Waals surface area contributed by atoms with Gasteiger partial charge in [-0.05, 0) is 13.1 Å². The Morgan fingerprint density at radius 3 is 1.74 bits per heavy atom. The average Bonchev–Trinajstić information content (AvgIpc) is 2.76. The maximum Gasteiger partial charge on any atom is 0.450 e. The molecule has 1 N–H and O–H groups in total. The molecule has 1 aromatic rings. The highest BCUT2D eigenvalue weighted by molar-refractivity contribution is 7.89. The first kappa shape index (κ1) is 31.2. The van der Waals surface area contributed by atoms with Crippen LogP contribution in [0.1, 0.15) is 16.7 Å². The molecule has 0 aliphatic carbocycles. The number of benzene rings is 1. The van der Waals surface area contributed by atoms with Crippen molar-refractivity contribution in [2.75, 3.05) is 35.5 Å². The van der Waals surface area contributed by atoms with Gasteiger partial charge < -0.3 is 23.7 Å². The Morgan fingerprint density at radius 2 is 1.31 bits per heavy atom.